The maximum Gasteiger partial charge on any atom is 0.118 e. The molecule has 0 saturated carbocycles. The summed E-state index contributed by atoms with van der Waals surface area (Å²) in [6.45, 7) is 3.96. The molecule has 1 atom stereocenters. The van der Waals surface area contributed by atoms with Crippen molar-refractivity contribution in [2.24, 2.45) is 0 Å². The van der Waals surface area contributed by atoms with Gasteiger partial charge in [-0.2, -0.15) is 0 Å². The third-order valence-electron chi connectivity index (χ3n) is 4.96. The molecule has 2 fully saturated rings. The van der Waals surface area contributed by atoms with Crippen LogP contribution >= 0.6 is 11.8 Å². The summed E-state index contributed by atoms with van der Waals surface area (Å²) in [5.41, 5.74) is 2.37. The van der Waals surface area contributed by atoms with Gasteiger partial charge in [0.15, 0.2) is 0 Å². The van der Waals surface area contributed by atoms with Crippen LogP contribution in [-0.2, 0) is 17.9 Å². The molecular weight excluding hydrogens is 332 g/mol. The highest BCUT2D eigenvalue weighted by atomic mass is 32.2. The van der Waals surface area contributed by atoms with Crippen LogP contribution in [0.5, 0.6) is 5.75 Å². The molecule has 1 spiro atoms. The van der Waals surface area contributed by atoms with E-state index in [0.717, 1.165) is 43.3 Å². The topological polar surface area (TPSA) is 34.6 Å². The predicted molar refractivity (Wildman–Crippen MR) is 101 cm³/mol. The molecule has 1 aromatic heterocycles. The molecule has 0 radical (unpaired) electrons. The fourth-order valence-corrected chi connectivity index (χ4v) is 5.29. The van der Waals surface area contributed by atoms with E-state index in [9.17, 15) is 0 Å². The molecule has 3 heterocycles. The van der Waals surface area contributed by atoms with Crippen molar-refractivity contribution in [2.45, 2.75) is 30.4 Å². The van der Waals surface area contributed by atoms with E-state index in [-0.39, 0.29) is 0 Å². The number of ether oxygens (including phenoxy) is 2. The number of benzene rings is 1. The minimum atomic E-state index is 0.357. The van der Waals surface area contributed by atoms with Gasteiger partial charge in [-0.3, -0.25) is 9.88 Å². The van der Waals surface area contributed by atoms with Crippen molar-refractivity contribution in [1.29, 1.82) is 0 Å². The zero-order valence-corrected chi connectivity index (χ0v) is 15.4. The SMILES string of the molecule is COc1ccc(CN2CC3(CC(OCc4ccccn4)CS3)C2)cc1. The Labute approximate surface area is 153 Å². The van der Waals surface area contributed by atoms with Crippen LogP contribution in [0.2, 0.25) is 0 Å². The van der Waals surface area contributed by atoms with E-state index in [1.165, 1.54) is 5.56 Å². The molecule has 0 bridgehead atoms. The molecule has 4 rings (SSSR count). The predicted octanol–water partition coefficient (Wildman–Crippen LogP) is 3.37. The normalized spacial score (nSPS) is 22.0. The number of hydrogen-bond donors (Lipinski definition) is 0. The summed E-state index contributed by atoms with van der Waals surface area (Å²) in [6, 6.07) is 14.4. The molecule has 132 valence electrons. The van der Waals surface area contributed by atoms with E-state index < -0.39 is 0 Å². The molecule has 1 aromatic carbocycles. The molecular formula is C20H24N2O2S. The Hall–Kier alpha value is -1.56. The summed E-state index contributed by atoms with van der Waals surface area (Å²) in [5, 5.41) is 0. The molecule has 0 amide bonds. The minimum Gasteiger partial charge on any atom is -0.497 e. The van der Waals surface area contributed by atoms with Crippen LogP contribution < -0.4 is 4.74 Å². The highest BCUT2D eigenvalue weighted by molar-refractivity contribution is 8.01. The number of rotatable bonds is 6. The van der Waals surface area contributed by atoms with E-state index in [2.05, 4.69) is 33.8 Å². The first-order valence-corrected chi connectivity index (χ1v) is 9.74. The smallest absolute Gasteiger partial charge is 0.118 e. The summed E-state index contributed by atoms with van der Waals surface area (Å²) in [5.74, 6) is 2.02. The fourth-order valence-electron chi connectivity index (χ4n) is 3.69. The van der Waals surface area contributed by atoms with Crippen molar-refractivity contribution in [2.75, 3.05) is 26.0 Å². The van der Waals surface area contributed by atoms with Crippen molar-refractivity contribution in [3.63, 3.8) is 0 Å². The Morgan fingerprint density at radius 2 is 2.04 bits per heavy atom. The Morgan fingerprint density at radius 1 is 1.20 bits per heavy atom. The van der Waals surface area contributed by atoms with E-state index in [4.69, 9.17) is 9.47 Å². The molecule has 5 heteroatoms. The van der Waals surface area contributed by atoms with Gasteiger partial charge in [0.05, 0.1) is 25.5 Å². The quantitative estimate of drug-likeness (QED) is 0.793. The first kappa shape index (κ1) is 16.9. The lowest BCUT2D eigenvalue weighted by Crippen LogP contribution is -2.58. The van der Waals surface area contributed by atoms with Gasteiger partial charge in [0, 0.05) is 36.3 Å². The number of likely N-dealkylation sites (tertiary alicyclic amines) is 1. The van der Waals surface area contributed by atoms with Crippen LogP contribution in [0.15, 0.2) is 48.7 Å². The first-order valence-electron chi connectivity index (χ1n) is 8.75. The van der Waals surface area contributed by atoms with Crippen LogP contribution in [0.1, 0.15) is 17.7 Å². The van der Waals surface area contributed by atoms with Crippen LogP contribution in [-0.4, -0.2) is 46.7 Å². The summed E-state index contributed by atoms with van der Waals surface area (Å²) in [6.07, 6.45) is 3.34. The van der Waals surface area contributed by atoms with Gasteiger partial charge >= 0.3 is 0 Å². The second-order valence-corrected chi connectivity index (χ2v) is 8.43. The Balaban J connectivity index is 1.23. The van der Waals surface area contributed by atoms with Crippen LogP contribution in [0.25, 0.3) is 0 Å². The first-order chi connectivity index (χ1) is 12.2. The summed E-state index contributed by atoms with van der Waals surface area (Å²) >= 11 is 2.09. The molecule has 1 unspecified atom stereocenters. The molecule has 25 heavy (non-hydrogen) atoms. The van der Waals surface area contributed by atoms with Gasteiger partial charge in [0.25, 0.3) is 0 Å². The molecule has 0 N–H and O–H groups in total. The maximum absolute atomic E-state index is 6.08. The molecule has 4 nitrogen and oxygen atoms in total. The van der Waals surface area contributed by atoms with E-state index in [1.54, 1.807) is 7.11 Å². The van der Waals surface area contributed by atoms with E-state index >= 15 is 0 Å². The largest absolute Gasteiger partial charge is 0.497 e. The second-order valence-electron chi connectivity index (χ2n) is 6.95. The monoisotopic (exact) mass is 356 g/mol. The maximum atomic E-state index is 6.08. The van der Waals surface area contributed by atoms with Crippen LogP contribution in [0.3, 0.4) is 0 Å². The van der Waals surface area contributed by atoms with Gasteiger partial charge in [0.1, 0.15) is 5.75 Å². The highest BCUT2D eigenvalue weighted by Crippen LogP contribution is 2.46. The van der Waals surface area contributed by atoms with E-state index in [0.29, 0.717) is 17.5 Å². The van der Waals surface area contributed by atoms with Gasteiger partial charge < -0.3 is 9.47 Å². The second kappa shape index (κ2) is 7.36. The number of nitrogens with zero attached hydrogens (tertiary/aromatic N) is 2. The molecule has 2 aliphatic rings. The third-order valence-corrected chi connectivity index (χ3v) is 6.53. The van der Waals surface area contributed by atoms with Crippen LogP contribution in [0, 0.1) is 0 Å². The van der Waals surface area contributed by atoms with Gasteiger partial charge in [0.2, 0.25) is 0 Å². The summed E-state index contributed by atoms with van der Waals surface area (Å²) in [7, 11) is 1.71. The van der Waals surface area contributed by atoms with Crippen molar-refractivity contribution in [3.8, 4) is 5.75 Å². The van der Waals surface area contributed by atoms with Gasteiger partial charge in [-0.15, -0.1) is 11.8 Å². The van der Waals surface area contributed by atoms with Crippen molar-refractivity contribution in [3.05, 3.63) is 59.9 Å². The average molecular weight is 356 g/mol. The zero-order valence-electron chi connectivity index (χ0n) is 14.6. The number of aromatic nitrogens is 1. The summed E-state index contributed by atoms with van der Waals surface area (Å²) < 4.78 is 11.7. The molecule has 2 aromatic rings. The third kappa shape index (κ3) is 4.00. The number of methoxy groups -OCH3 is 1. The van der Waals surface area contributed by atoms with Crippen molar-refractivity contribution >= 4 is 11.8 Å². The standard InChI is InChI=1S/C20H24N2O2S/c1-23-18-7-5-16(6-8-18)11-22-14-20(15-22)10-19(13-25-20)24-12-17-4-2-3-9-21-17/h2-9,19H,10-15H2,1H3. The average Bonchev–Trinajstić information content (AvgIpc) is 3.06. The zero-order chi connectivity index (χ0) is 17.1. The van der Waals surface area contributed by atoms with Gasteiger partial charge in [-0.25, -0.2) is 0 Å². The molecule has 2 saturated heterocycles. The van der Waals surface area contributed by atoms with E-state index in [1.807, 2.05) is 36.5 Å². The fraction of sp³-hybridized carbons (Fsp3) is 0.450. The molecule has 2 aliphatic heterocycles. The number of hydrogen-bond acceptors (Lipinski definition) is 5. The van der Waals surface area contributed by atoms with Crippen molar-refractivity contribution in [1.82, 2.24) is 9.88 Å². The van der Waals surface area contributed by atoms with Crippen LogP contribution in [0.4, 0.5) is 0 Å². The van der Waals surface area contributed by atoms with Gasteiger partial charge in [-0.1, -0.05) is 18.2 Å². The minimum absolute atomic E-state index is 0.357. The number of pyridine rings is 1. The Kier molecular flexibility index (Phi) is 4.97. The lowest BCUT2D eigenvalue weighted by Gasteiger charge is -2.47. The highest BCUT2D eigenvalue weighted by Gasteiger charge is 2.49. The number of thioether (sulfide) groups is 1. The lowest BCUT2D eigenvalue weighted by atomic mass is 9.92. The lowest BCUT2D eigenvalue weighted by molar-refractivity contribution is 0.0251. The molecule has 0 aliphatic carbocycles. The Bertz CT molecular complexity index is 687. The van der Waals surface area contributed by atoms with Crippen molar-refractivity contribution < 1.29 is 9.47 Å². The van der Waals surface area contributed by atoms with Gasteiger partial charge in [-0.05, 0) is 36.2 Å². The summed E-state index contributed by atoms with van der Waals surface area (Å²) in [4.78, 5) is 6.86. The Morgan fingerprint density at radius 3 is 2.76 bits per heavy atom.